The number of rotatable bonds is 5. The number of benzene rings is 1. The third-order valence-corrected chi connectivity index (χ3v) is 4.70. The van der Waals surface area contributed by atoms with Gasteiger partial charge >= 0.3 is 0 Å². The molecule has 0 spiro atoms. The Balaban J connectivity index is 1.67. The zero-order valence-electron chi connectivity index (χ0n) is 15.7. The molecule has 1 aliphatic rings. The van der Waals surface area contributed by atoms with Crippen molar-refractivity contribution in [1.29, 1.82) is 0 Å². The van der Waals surface area contributed by atoms with Gasteiger partial charge in [0, 0.05) is 25.0 Å². The fraction of sp³-hybridized carbons (Fsp3) is 0.450. The van der Waals surface area contributed by atoms with Crippen molar-refractivity contribution in [3.8, 4) is 5.75 Å². The summed E-state index contributed by atoms with van der Waals surface area (Å²) in [5, 5.41) is 2.89. The normalized spacial score (nSPS) is 15.0. The molecule has 0 saturated carbocycles. The summed E-state index contributed by atoms with van der Waals surface area (Å²) in [5.74, 6) is 2.05. The molecule has 2 heterocycles. The number of hydrogen-bond acceptors (Lipinski definition) is 5. The molecule has 1 amide bonds. The third kappa shape index (κ3) is 4.31. The highest BCUT2D eigenvalue weighted by Crippen LogP contribution is 2.21. The summed E-state index contributed by atoms with van der Waals surface area (Å²) in [4.78, 5) is 23.7. The standard InChI is InChI=1S/C20H26N4O2/c1-4-26-17-7-5-16(6-8-17)23-19(25)18-13-21-20(22-15(18)3)24-11-9-14(2)10-12-24/h5-8,13-14H,4,9-12H2,1-3H3,(H,23,25). The van der Waals surface area contributed by atoms with Crippen LogP contribution in [0.2, 0.25) is 0 Å². The van der Waals surface area contributed by atoms with Crippen molar-refractivity contribution in [2.45, 2.75) is 33.6 Å². The Morgan fingerprint density at radius 2 is 1.96 bits per heavy atom. The molecule has 1 fully saturated rings. The highest BCUT2D eigenvalue weighted by atomic mass is 16.5. The van der Waals surface area contributed by atoms with Crippen molar-refractivity contribution in [2.75, 3.05) is 29.9 Å². The Kier molecular flexibility index (Phi) is 5.71. The molecule has 1 aromatic heterocycles. The predicted molar refractivity (Wildman–Crippen MR) is 103 cm³/mol. The van der Waals surface area contributed by atoms with E-state index in [1.165, 1.54) is 0 Å². The van der Waals surface area contributed by atoms with Crippen LogP contribution in [-0.2, 0) is 0 Å². The Morgan fingerprint density at radius 3 is 2.58 bits per heavy atom. The van der Waals surface area contributed by atoms with Crippen molar-refractivity contribution in [1.82, 2.24) is 9.97 Å². The largest absolute Gasteiger partial charge is 0.494 e. The van der Waals surface area contributed by atoms with Crippen LogP contribution in [0.4, 0.5) is 11.6 Å². The summed E-state index contributed by atoms with van der Waals surface area (Å²) in [6.07, 6.45) is 3.93. The molecule has 6 nitrogen and oxygen atoms in total. The molecule has 0 radical (unpaired) electrons. The molecule has 0 aliphatic carbocycles. The van der Waals surface area contributed by atoms with Crippen LogP contribution in [0.3, 0.4) is 0 Å². The number of carbonyl (C=O) groups is 1. The first-order valence-corrected chi connectivity index (χ1v) is 9.19. The maximum Gasteiger partial charge on any atom is 0.259 e. The van der Waals surface area contributed by atoms with Gasteiger partial charge in [0.1, 0.15) is 5.75 Å². The van der Waals surface area contributed by atoms with E-state index in [9.17, 15) is 4.79 Å². The number of ether oxygens (including phenoxy) is 1. The van der Waals surface area contributed by atoms with Crippen LogP contribution in [0.5, 0.6) is 5.75 Å². The maximum atomic E-state index is 12.5. The lowest BCUT2D eigenvalue weighted by molar-refractivity contribution is 0.102. The third-order valence-electron chi connectivity index (χ3n) is 4.70. The highest BCUT2D eigenvalue weighted by molar-refractivity contribution is 6.04. The summed E-state index contributed by atoms with van der Waals surface area (Å²) in [6.45, 7) is 8.62. The smallest absolute Gasteiger partial charge is 0.259 e. The minimum absolute atomic E-state index is 0.203. The zero-order valence-corrected chi connectivity index (χ0v) is 15.7. The van der Waals surface area contributed by atoms with Crippen LogP contribution in [0.25, 0.3) is 0 Å². The maximum absolute atomic E-state index is 12.5. The van der Waals surface area contributed by atoms with Gasteiger partial charge in [-0.2, -0.15) is 0 Å². The number of nitrogens with zero attached hydrogens (tertiary/aromatic N) is 3. The molecular weight excluding hydrogens is 328 g/mol. The van der Waals surface area contributed by atoms with Gasteiger partial charge in [-0.1, -0.05) is 6.92 Å². The Hall–Kier alpha value is -2.63. The second-order valence-electron chi connectivity index (χ2n) is 6.75. The van der Waals surface area contributed by atoms with Gasteiger partial charge in [0.25, 0.3) is 5.91 Å². The first-order valence-electron chi connectivity index (χ1n) is 9.19. The molecule has 1 aliphatic heterocycles. The molecule has 0 atom stereocenters. The number of hydrogen-bond donors (Lipinski definition) is 1. The average Bonchev–Trinajstić information content (AvgIpc) is 2.64. The van der Waals surface area contributed by atoms with Gasteiger partial charge in [-0.15, -0.1) is 0 Å². The van der Waals surface area contributed by atoms with E-state index in [1.807, 2.05) is 38.1 Å². The van der Waals surface area contributed by atoms with Crippen molar-refractivity contribution >= 4 is 17.5 Å². The Morgan fingerprint density at radius 1 is 1.27 bits per heavy atom. The number of carbonyl (C=O) groups excluding carboxylic acids is 1. The molecule has 2 aromatic rings. The molecule has 1 aromatic carbocycles. The van der Waals surface area contributed by atoms with E-state index in [4.69, 9.17) is 4.74 Å². The van der Waals surface area contributed by atoms with Crippen LogP contribution in [0.15, 0.2) is 30.5 Å². The molecule has 0 bridgehead atoms. The summed E-state index contributed by atoms with van der Waals surface area (Å²) in [5.41, 5.74) is 1.90. The fourth-order valence-electron chi connectivity index (χ4n) is 3.04. The first-order chi connectivity index (χ1) is 12.6. The number of nitrogens with one attached hydrogen (secondary N) is 1. The quantitative estimate of drug-likeness (QED) is 0.887. The number of amides is 1. The molecule has 26 heavy (non-hydrogen) atoms. The van der Waals surface area contributed by atoms with Gasteiger partial charge in [0.15, 0.2) is 0 Å². The van der Waals surface area contributed by atoms with E-state index in [0.717, 1.165) is 37.6 Å². The van der Waals surface area contributed by atoms with Crippen LogP contribution < -0.4 is 15.0 Å². The monoisotopic (exact) mass is 354 g/mol. The zero-order chi connectivity index (χ0) is 18.5. The van der Waals surface area contributed by atoms with Crippen molar-refractivity contribution in [2.24, 2.45) is 5.92 Å². The highest BCUT2D eigenvalue weighted by Gasteiger charge is 2.19. The van der Waals surface area contributed by atoms with Gasteiger partial charge in [-0.25, -0.2) is 9.97 Å². The summed E-state index contributed by atoms with van der Waals surface area (Å²) >= 11 is 0. The molecular formula is C20H26N4O2. The van der Waals surface area contributed by atoms with Crippen LogP contribution in [0.1, 0.15) is 42.7 Å². The molecule has 6 heteroatoms. The number of aryl methyl sites for hydroxylation is 1. The van der Waals surface area contributed by atoms with E-state index < -0.39 is 0 Å². The van der Waals surface area contributed by atoms with E-state index >= 15 is 0 Å². The first kappa shape index (κ1) is 18.2. The van der Waals surface area contributed by atoms with Crippen LogP contribution in [0, 0.1) is 12.8 Å². The molecule has 138 valence electrons. The van der Waals surface area contributed by atoms with Gasteiger partial charge in [0.05, 0.1) is 17.9 Å². The minimum atomic E-state index is -0.203. The fourth-order valence-corrected chi connectivity index (χ4v) is 3.04. The molecule has 3 rings (SSSR count). The summed E-state index contributed by atoms with van der Waals surface area (Å²) in [6, 6.07) is 7.32. The Labute approximate surface area is 154 Å². The van der Waals surface area contributed by atoms with Crippen LogP contribution >= 0.6 is 0 Å². The van der Waals surface area contributed by atoms with Gasteiger partial charge in [0.2, 0.25) is 5.95 Å². The van der Waals surface area contributed by atoms with Crippen LogP contribution in [-0.4, -0.2) is 35.6 Å². The van der Waals surface area contributed by atoms with Gasteiger partial charge in [-0.3, -0.25) is 4.79 Å². The van der Waals surface area contributed by atoms with Gasteiger partial charge in [-0.05, 0) is 56.9 Å². The second-order valence-corrected chi connectivity index (χ2v) is 6.75. The van der Waals surface area contributed by atoms with E-state index in [-0.39, 0.29) is 5.91 Å². The van der Waals surface area contributed by atoms with Crippen molar-refractivity contribution in [3.63, 3.8) is 0 Å². The molecule has 1 saturated heterocycles. The van der Waals surface area contributed by atoms with Gasteiger partial charge < -0.3 is 15.0 Å². The number of piperidine rings is 1. The topological polar surface area (TPSA) is 67.3 Å². The predicted octanol–water partition coefficient (Wildman–Crippen LogP) is 3.67. The number of aromatic nitrogens is 2. The van der Waals surface area contributed by atoms with Crippen molar-refractivity contribution in [3.05, 3.63) is 41.7 Å². The minimum Gasteiger partial charge on any atom is -0.494 e. The van der Waals surface area contributed by atoms with E-state index in [2.05, 4.69) is 27.1 Å². The molecule has 1 N–H and O–H groups in total. The lowest BCUT2D eigenvalue weighted by atomic mass is 10.00. The molecule has 0 unspecified atom stereocenters. The summed E-state index contributed by atoms with van der Waals surface area (Å²) < 4.78 is 5.41. The van der Waals surface area contributed by atoms with E-state index in [1.54, 1.807) is 6.20 Å². The second kappa shape index (κ2) is 8.17. The van der Waals surface area contributed by atoms with E-state index in [0.29, 0.717) is 29.5 Å². The average molecular weight is 354 g/mol. The lowest BCUT2D eigenvalue weighted by Crippen LogP contribution is -2.34. The Bertz CT molecular complexity index is 753. The summed E-state index contributed by atoms with van der Waals surface area (Å²) in [7, 11) is 0. The SMILES string of the molecule is CCOc1ccc(NC(=O)c2cnc(N3CCC(C)CC3)nc2C)cc1. The number of anilines is 2. The lowest BCUT2D eigenvalue weighted by Gasteiger charge is -2.30. The van der Waals surface area contributed by atoms with Crippen molar-refractivity contribution < 1.29 is 9.53 Å².